The molecule has 38 heavy (non-hydrogen) atoms. The summed E-state index contributed by atoms with van der Waals surface area (Å²) >= 11 is 0. The summed E-state index contributed by atoms with van der Waals surface area (Å²) < 4.78 is 8.59. The van der Waals surface area contributed by atoms with Gasteiger partial charge in [0.25, 0.3) is 0 Å². The van der Waals surface area contributed by atoms with Gasteiger partial charge in [-0.1, -0.05) is 74.0 Å². The van der Waals surface area contributed by atoms with Crippen molar-refractivity contribution in [1.29, 1.82) is 0 Å². The fourth-order valence-corrected chi connectivity index (χ4v) is 6.71. The third-order valence-electron chi connectivity index (χ3n) is 8.42. The second-order valence-electron chi connectivity index (χ2n) is 11.0. The zero-order chi connectivity index (χ0) is 25.8. The van der Waals surface area contributed by atoms with Gasteiger partial charge in [0.2, 0.25) is 5.43 Å². The lowest BCUT2D eigenvalue weighted by molar-refractivity contribution is 0.659. The number of aryl methyl sites for hydroxylation is 1. The van der Waals surface area contributed by atoms with Gasteiger partial charge < -0.3 is 8.98 Å². The van der Waals surface area contributed by atoms with E-state index in [9.17, 15) is 4.79 Å². The normalized spacial score (nSPS) is 14.0. The van der Waals surface area contributed by atoms with Gasteiger partial charge in [-0.2, -0.15) is 0 Å². The van der Waals surface area contributed by atoms with Crippen molar-refractivity contribution in [3.8, 4) is 16.8 Å². The summed E-state index contributed by atoms with van der Waals surface area (Å²) in [5, 5.41) is 3.75. The highest BCUT2D eigenvalue weighted by molar-refractivity contribution is 6.14. The van der Waals surface area contributed by atoms with Crippen LogP contribution in [0.3, 0.4) is 0 Å². The van der Waals surface area contributed by atoms with Crippen LogP contribution in [0.5, 0.6) is 0 Å². The van der Waals surface area contributed by atoms with E-state index in [1.54, 1.807) is 0 Å². The largest absolute Gasteiger partial charge is 0.456 e. The maximum atomic E-state index is 13.3. The first kappa shape index (κ1) is 21.5. The Hall–Kier alpha value is -4.63. The molecule has 3 heteroatoms. The topological polar surface area (TPSA) is 35.1 Å². The molecule has 0 fully saturated rings. The average molecular weight is 492 g/mol. The minimum atomic E-state index is -0.117. The SMILES string of the molecule is Cc1ccc2oc3cc(-n4c5ccccc5c5c6c(ccc54)-c4ccccc4C6(C)C)ccc3c(=O)c2c1. The van der Waals surface area contributed by atoms with Crippen LogP contribution in [0.25, 0.3) is 60.6 Å². The molecule has 1 aliphatic carbocycles. The van der Waals surface area contributed by atoms with Crippen molar-refractivity contribution >= 4 is 43.7 Å². The number of para-hydroxylation sites is 1. The Morgan fingerprint density at radius 2 is 1.50 bits per heavy atom. The highest BCUT2D eigenvalue weighted by Crippen LogP contribution is 2.53. The summed E-state index contributed by atoms with van der Waals surface area (Å²) in [6, 6.07) is 33.6. The third-order valence-corrected chi connectivity index (χ3v) is 8.42. The number of benzene rings is 5. The van der Waals surface area contributed by atoms with Crippen molar-refractivity contribution in [3.05, 3.63) is 124 Å². The molecule has 7 aromatic rings. The number of hydrogen-bond acceptors (Lipinski definition) is 2. The van der Waals surface area contributed by atoms with Gasteiger partial charge in [0.05, 0.1) is 21.8 Å². The monoisotopic (exact) mass is 491 g/mol. The Kier molecular flexibility index (Phi) is 4.08. The average Bonchev–Trinajstić information content (AvgIpc) is 3.38. The van der Waals surface area contributed by atoms with Gasteiger partial charge in [0.1, 0.15) is 11.2 Å². The van der Waals surface area contributed by atoms with Gasteiger partial charge >= 0.3 is 0 Å². The lowest BCUT2D eigenvalue weighted by Crippen LogP contribution is -2.15. The molecule has 2 heterocycles. The lowest BCUT2D eigenvalue weighted by Gasteiger charge is -2.22. The molecule has 0 bridgehead atoms. The van der Waals surface area contributed by atoms with Crippen LogP contribution in [0.1, 0.15) is 30.5 Å². The van der Waals surface area contributed by atoms with Crippen LogP contribution in [0.15, 0.2) is 106 Å². The van der Waals surface area contributed by atoms with Crippen LogP contribution in [-0.4, -0.2) is 4.57 Å². The van der Waals surface area contributed by atoms with Crippen LogP contribution in [0, 0.1) is 6.92 Å². The van der Waals surface area contributed by atoms with Crippen LogP contribution < -0.4 is 5.43 Å². The Morgan fingerprint density at radius 1 is 0.684 bits per heavy atom. The van der Waals surface area contributed by atoms with E-state index >= 15 is 0 Å². The molecule has 0 N–H and O–H groups in total. The zero-order valence-corrected chi connectivity index (χ0v) is 21.5. The maximum absolute atomic E-state index is 13.3. The second kappa shape index (κ2) is 7.23. The number of hydrogen-bond donors (Lipinski definition) is 0. The number of aromatic nitrogens is 1. The van der Waals surface area contributed by atoms with Crippen LogP contribution >= 0.6 is 0 Å². The molecule has 2 aromatic heterocycles. The minimum Gasteiger partial charge on any atom is -0.456 e. The van der Waals surface area contributed by atoms with Gasteiger partial charge in [-0.05, 0) is 65.6 Å². The van der Waals surface area contributed by atoms with E-state index in [4.69, 9.17) is 4.42 Å². The molecule has 1 aliphatic rings. The molecule has 3 nitrogen and oxygen atoms in total. The smallest absolute Gasteiger partial charge is 0.200 e. The van der Waals surface area contributed by atoms with Crippen molar-refractivity contribution in [1.82, 2.24) is 4.57 Å². The number of rotatable bonds is 1. The number of fused-ring (bicyclic) bond motifs is 9. The van der Waals surface area contributed by atoms with E-state index < -0.39 is 0 Å². The standard InChI is InChI=1S/C35H25NO2/c1-20-12-17-30-26(18-20)34(37)25-14-13-21(19-31(25)38-30)36-28-11-7-5-9-24(28)32-29(36)16-15-23-22-8-4-6-10-27(22)35(2,3)33(23)32/h4-19H,1-3H3. The Bertz CT molecular complexity index is 2190. The summed E-state index contributed by atoms with van der Waals surface area (Å²) in [5.41, 5.74) is 10.8. The highest BCUT2D eigenvalue weighted by atomic mass is 16.3. The van der Waals surface area contributed by atoms with Gasteiger partial charge in [-0.25, -0.2) is 0 Å². The van der Waals surface area contributed by atoms with Crippen molar-refractivity contribution in [2.45, 2.75) is 26.2 Å². The fourth-order valence-electron chi connectivity index (χ4n) is 6.71. The summed E-state index contributed by atoms with van der Waals surface area (Å²) in [6.07, 6.45) is 0. The Balaban J connectivity index is 1.47. The molecule has 0 amide bonds. The van der Waals surface area contributed by atoms with Gasteiger partial charge in [0.15, 0.2) is 0 Å². The molecule has 0 atom stereocenters. The molecular formula is C35H25NO2. The lowest BCUT2D eigenvalue weighted by atomic mass is 9.80. The summed E-state index contributed by atoms with van der Waals surface area (Å²) in [4.78, 5) is 13.3. The molecule has 0 saturated carbocycles. The van der Waals surface area contributed by atoms with E-state index in [-0.39, 0.29) is 10.8 Å². The van der Waals surface area contributed by atoms with Crippen molar-refractivity contribution in [3.63, 3.8) is 0 Å². The molecule has 0 spiro atoms. The van der Waals surface area contributed by atoms with Crippen molar-refractivity contribution < 1.29 is 4.42 Å². The van der Waals surface area contributed by atoms with Gasteiger partial charge in [-0.3, -0.25) is 4.79 Å². The Morgan fingerprint density at radius 3 is 2.39 bits per heavy atom. The van der Waals surface area contributed by atoms with E-state index in [1.807, 2.05) is 43.3 Å². The fraction of sp³-hybridized carbons (Fsp3) is 0.114. The van der Waals surface area contributed by atoms with Crippen LogP contribution in [-0.2, 0) is 5.41 Å². The van der Waals surface area contributed by atoms with Crippen molar-refractivity contribution in [2.24, 2.45) is 0 Å². The van der Waals surface area contributed by atoms with Gasteiger partial charge in [0, 0.05) is 27.9 Å². The van der Waals surface area contributed by atoms with E-state index in [0.717, 1.165) is 22.3 Å². The van der Waals surface area contributed by atoms with E-state index in [2.05, 4.69) is 79.1 Å². The molecule has 182 valence electrons. The minimum absolute atomic E-state index is 0.0102. The first-order chi connectivity index (χ1) is 18.4. The van der Waals surface area contributed by atoms with Crippen LogP contribution in [0.4, 0.5) is 0 Å². The van der Waals surface area contributed by atoms with E-state index in [0.29, 0.717) is 21.9 Å². The predicted octanol–water partition coefficient (Wildman–Crippen LogP) is 8.66. The molecule has 0 unspecified atom stereocenters. The summed E-state index contributed by atoms with van der Waals surface area (Å²) in [6.45, 7) is 6.66. The number of nitrogens with zero attached hydrogens (tertiary/aromatic N) is 1. The highest BCUT2D eigenvalue weighted by Gasteiger charge is 2.37. The molecule has 0 saturated heterocycles. The molecule has 0 aliphatic heterocycles. The van der Waals surface area contributed by atoms with Crippen molar-refractivity contribution in [2.75, 3.05) is 0 Å². The molecule has 8 rings (SSSR count). The molecular weight excluding hydrogens is 466 g/mol. The second-order valence-corrected chi connectivity index (χ2v) is 11.0. The van der Waals surface area contributed by atoms with Crippen LogP contribution in [0.2, 0.25) is 0 Å². The molecule has 5 aromatic carbocycles. The first-order valence-electron chi connectivity index (χ1n) is 13.1. The maximum Gasteiger partial charge on any atom is 0.200 e. The summed E-state index contributed by atoms with van der Waals surface area (Å²) in [7, 11) is 0. The predicted molar refractivity (Wildman–Crippen MR) is 157 cm³/mol. The zero-order valence-electron chi connectivity index (χ0n) is 21.5. The molecule has 0 radical (unpaired) electrons. The van der Waals surface area contributed by atoms with E-state index in [1.165, 1.54) is 33.0 Å². The van der Waals surface area contributed by atoms with Gasteiger partial charge in [-0.15, -0.1) is 0 Å². The summed E-state index contributed by atoms with van der Waals surface area (Å²) in [5.74, 6) is 0. The Labute approximate surface area is 219 Å². The quantitative estimate of drug-likeness (QED) is 0.215. The first-order valence-corrected chi connectivity index (χ1v) is 13.1. The third kappa shape index (κ3) is 2.66.